The molecule has 3 rings (SSSR count). The van der Waals surface area contributed by atoms with E-state index in [1.807, 2.05) is 24.3 Å². The summed E-state index contributed by atoms with van der Waals surface area (Å²) in [6.45, 7) is 0. The van der Waals surface area contributed by atoms with Crippen LogP contribution in [0.5, 0.6) is 5.75 Å². The van der Waals surface area contributed by atoms with Crippen molar-refractivity contribution < 1.29 is 14.6 Å². The second-order valence-corrected chi connectivity index (χ2v) is 6.44. The Hall–Kier alpha value is -1.81. The lowest BCUT2D eigenvalue weighted by atomic mass is 10.1. The van der Waals surface area contributed by atoms with E-state index in [9.17, 15) is 4.79 Å². The van der Waals surface area contributed by atoms with E-state index in [2.05, 4.69) is 34.1 Å². The number of aryl methyl sites for hydroxylation is 2. The number of aliphatic carboxylic acids is 1. The Balaban J connectivity index is 1.66. The number of ether oxygens (including phenoxy) is 1. The number of benzene rings is 2. The first-order valence-corrected chi connectivity index (χ1v) is 8.17. The zero-order chi connectivity index (χ0) is 15.5. The first-order valence-electron chi connectivity index (χ1n) is 7.37. The molecule has 0 spiro atoms. The summed E-state index contributed by atoms with van der Waals surface area (Å²) in [5.74, 6) is 0.0638. The van der Waals surface area contributed by atoms with E-state index in [4.69, 9.17) is 9.84 Å². The van der Waals surface area contributed by atoms with Crippen LogP contribution in [0.15, 0.2) is 46.9 Å². The third kappa shape index (κ3) is 3.50. The quantitative estimate of drug-likeness (QED) is 0.851. The number of carboxylic acids is 1. The molecule has 0 bridgehead atoms. The van der Waals surface area contributed by atoms with Crippen LogP contribution in [-0.2, 0) is 17.6 Å². The predicted octanol–water partition coefficient (Wildman–Crippen LogP) is 4.53. The van der Waals surface area contributed by atoms with Crippen molar-refractivity contribution in [3.05, 3.63) is 63.6 Å². The summed E-state index contributed by atoms with van der Waals surface area (Å²) in [6.07, 6.45) is 2.84. The van der Waals surface area contributed by atoms with Crippen LogP contribution in [0.3, 0.4) is 0 Å². The highest BCUT2D eigenvalue weighted by Crippen LogP contribution is 2.36. The van der Waals surface area contributed by atoms with Gasteiger partial charge in [0.05, 0.1) is 0 Å². The van der Waals surface area contributed by atoms with Crippen LogP contribution >= 0.6 is 15.9 Å². The van der Waals surface area contributed by atoms with Gasteiger partial charge in [-0.2, -0.15) is 0 Å². The van der Waals surface area contributed by atoms with E-state index < -0.39 is 5.97 Å². The molecular formula is C18H17BrO3. The topological polar surface area (TPSA) is 46.5 Å². The fourth-order valence-electron chi connectivity index (χ4n) is 2.82. The Labute approximate surface area is 138 Å². The number of rotatable bonds is 5. The minimum absolute atomic E-state index is 0.105. The van der Waals surface area contributed by atoms with Gasteiger partial charge in [-0.1, -0.05) is 34.1 Å². The smallest absolute Gasteiger partial charge is 0.303 e. The van der Waals surface area contributed by atoms with E-state index in [0.717, 1.165) is 28.6 Å². The second-order valence-electron chi connectivity index (χ2n) is 5.53. The van der Waals surface area contributed by atoms with Gasteiger partial charge in [0.1, 0.15) is 11.9 Å². The van der Waals surface area contributed by atoms with Crippen LogP contribution in [0, 0.1) is 0 Å². The molecule has 0 amide bonds. The van der Waals surface area contributed by atoms with Gasteiger partial charge in [-0.3, -0.25) is 4.79 Å². The molecule has 1 aliphatic rings. The number of carboxylic acid groups (broad SMARTS) is 1. The first-order chi connectivity index (χ1) is 10.6. The van der Waals surface area contributed by atoms with E-state index in [0.29, 0.717) is 6.42 Å². The van der Waals surface area contributed by atoms with Crippen molar-refractivity contribution in [2.45, 2.75) is 31.8 Å². The summed E-state index contributed by atoms with van der Waals surface area (Å²) >= 11 is 3.50. The highest BCUT2D eigenvalue weighted by molar-refractivity contribution is 9.10. The van der Waals surface area contributed by atoms with Crippen LogP contribution in [0.4, 0.5) is 0 Å². The second kappa shape index (κ2) is 6.53. The van der Waals surface area contributed by atoms with Crippen molar-refractivity contribution in [2.24, 2.45) is 0 Å². The molecule has 22 heavy (non-hydrogen) atoms. The molecule has 1 N–H and O–H groups in total. The van der Waals surface area contributed by atoms with E-state index in [1.54, 1.807) is 0 Å². The van der Waals surface area contributed by atoms with Gasteiger partial charge in [0.15, 0.2) is 0 Å². The fraction of sp³-hybridized carbons (Fsp3) is 0.278. The average Bonchev–Trinajstić information content (AvgIpc) is 2.88. The number of hydrogen-bond donors (Lipinski definition) is 1. The van der Waals surface area contributed by atoms with Crippen molar-refractivity contribution in [3.63, 3.8) is 0 Å². The lowest BCUT2D eigenvalue weighted by Gasteiger charge is -2.15. The van der Waals surface area contributed by atoms with Crippen molar-refractivity contribution in [1.29, 1.82) is 0 Å². The normalized spacial score (nSPS) is 16.3. The lowest BCUT2D eigenvalue weighted by molar-refractivity contribution is -0.136. The summed E-state index contributed by atoms with van der Waals surface area (Å²) in [6, 6.07) is 14.1. The number of fused-ring (bicyclic) bond motifs is 1. The highest BCUT2D eigenvalue weighted by atomic mass is 79.9. The van der Waals surface area contributed by atoms with E-state index in [-0.39, 0.29) is 12.5 Å². The zero-order valence-electron chi connectivity index (χ0n) is 12.1. The molecule has 1 aliphatic carbocycles. The summed E-state index contributed by atoms with van der Waals surface area (Å²) in [7, 11) is 0. The summed E-state index contributed by atoms with van der Waals surface area (Å²) in [5.41, 5.74) is 3.63. The summed E-state index contributed by atoms with van der Waals surface area (Å²) < 4.78 is 7.20. The largest absolute Gasteiger partial charge is 0.486 e. The van der Waals surface area contributed by atoms with Gasteiger partial charge in [0.2, 0.25) is 0 Å². The number of hydrogen-bond acceptors (Lipinski definition) is 2. The summed E-state index contributed by atoms with van der Waals surface area (Å²) in [4.78, 5) is 10.6. The van der Waals surface area contributed by atoms with Crippen LogP contribution in [0.25, 0.3) is 0 Å². The van der Waals surface area contributed by atoms with Crippen LogP contribution < -0.4 is 4.74 Å². The van der Waals surface area contributed by atoms with Crippen LogP contribution in [0.1, 0.15) is 35.6 Å². The average molecular weight is 361 g/mol. The molecule has 1 unspecified atom stereocenters. The summed E-state index contributed by atoms with van der Waals surface area (Å²) in [5, 5.41) is 8.70. The Morgan fingerprint density at radius 3 is 2.73 bits per heavy atom. The maximum absolute atomic E-state index is 10.6. The molecule has 0 saturated carbocycles. The Bertz CT molecular complexity index is 679. The van der Waals surface area contributed by atoms with Gasteiger partial charge in [0.25, 0.3) is 0 Å². The molecule has 1 atom stereocenters. The highest BCUT2D eigenvalue weighted by Gasteiger charge is 2.24. The van der Waals surface area contributed by atoms with Gasteiger partial charge in [-0.05, 0) is 60.2 Å². The van der Waals surface area contributed by atoms with Gasteiger partial charge in [-0.25, -0.2) is 0 Å². The molecule has 0 heterocycles. The molecule has 2 aromatic rings. The van der Waals surface area contributed by atoms with Crippen molar-refractivity contribution in [2.75, 3.05) is 0 Å². The van der Waals surface area contributed by atoms with Gasteiger partial charge in [-0.15, -0.1) is 0 Å². The van der Waals surface area contributed by atoms with Crippen molar-refractivity contribution in [1.82, 2.24) is 0 Å². The Morgan fingerprint density at radius 1 is 1.23 bits per heavy atom. The van der Waals surface area contributed by atoms with E-state index >= 15 is 0 Å². The number of halogens is 1. The SMILES string of the molecule is O=C(O)CCc1ccc(OC2CCc3cc(Br)ccc32)cc1. The van der Waals surface area contributed by atoms with E-state index in [1.165, 1.54) is 11.1 Å². The zero-order valence-corrected chi connectivity index (χ0v) is 13.7. The molecular weight excluding hydrogens is 344 g/mol. The van der Waals surface area contributed by atoms with Gasteiger partial charge >= 0.3 is 5.97 Å². The third-order valence-corrected chi connectivity index (χ3v) is 4.45. The minimum Gasteiger partial charge on any atom is -0.486 e. The molecule has 0 radical (unpaired) electrons. The molecule has 0 saturated heterocycles. The fourth-order valence-corrected chi connectivity index (χ4v) is 3.23. The monoisotopic (exact) mass is 360 g/mol. The molecule has 0 fully saturated rings. The maximum Gasteiger partial charge on any atom is 0.303 e. The van der Waals surface area contributed by atoms with Crippen LogP contribution in [0.2, 0.25) is 0 Å². The molecule has 0 aromatic heterocycles. The molecule has 4 heteroatoms. The number of carbonyl (C=O) groups is 1. The Kier molecular flexibility index (Phi) is 4.48. The van der Waals surface area contributed by atoms with Crippen LogP contribution in [-0.4, -0.2) is 11.1 Å². The Morgan fingerprint density at radius 2 is 2.00 bits per heavy atom. The molecule has 2 aromatic carbocycles. The minimum atomic E-state index is -0.769. The first kappa shape index (κ1) is 15.1. The maximum atomic E-state index is 10.6. The molecule has 0 aliphatic heterocycles. The van der Waals surface area contributed by atoms with Gasteiger partial charge < -0.3 is 9.84 Å². The predicted molar refractivity (Wildman–Crippen MR) is 88.2 cm³/mol. The molecule has 3 nitrogen and oxygen atoms in total. The van der Waals surface area contributed by atoms with Crippen molar-refractivity contribution in [3.8, 4) is 5.75 Å². The van der Waals surface area contributed by atoms with Crippen molar-refractivity contribution >= 4 is 21.9 Å². The molecule has 114 valence electrons. The van der Waals surface area contributed by atoms with Gasteiger partial charge in [0, 0.05) is 10.9 Å². The lowest BCUT2D eigenvalue weighted by Crippen LogP contribution is -2.03. The standard InChI is InChI=1S/C18H17BrO3/c19-14-5-8-16-13(11-14)4-9-17(16)22-15-6-1-12(2-7-15)3-10-18(20)21/h1-2,5-8,11,17H,3-4,9-10H2,(H,20,21). The third-order valence-electron chi connectivity index (χ3n) is 3.96.